The second kappa shape index (κ2) is 6.05. The molecule has 0 aliphatic heterocycles. The first-order chi connectivity index (χ1) is 7.84. The molecule has 0 radical (unpaired) electrons. The minimum atomic E-state index is 0.491. The van der Waals surface area contributed by atoms with E-state index >= 15 is 0 Å². The fourth-order valence-electron chi connectivity index (χ4n) is 2.72. The zero-order valence-electron chi connectivity index (χ0n) is 10.1. The van der Waals surface area contributed by atoms with E-state index in [2.05, 4.69) is 30.3 Å². The van der Waals surface area contributed by atoms with Gasteiger partial charge >= 0.3 is 0 Å². The van der Waals surface area contributed by atoms with Crippen molar-refractivity contribution in [1.82, 2.24) is 0 Å². The SMILES string of the molecule is NC1CCC(CCCc2ccccc2)CC1. The molecule has 0 atom stereocenters. The molecule has 1 fully saturated rings. The van der Waals surface area contributed by atoms with E-state index in [1.807, 2.05) is 0 Å². The summed E-state index contributed by atoms with van der Waals surface area (Å²) in [6.45, 7) is 0. The number of benzene rings is 1. The predicted octanol–water partition coefficient (Wildman–Crippen LogP) is 3.53. The number of rotatable bonds is 4. The fraction of sp³-hybridized carbons (Fsp3) is 0.600. The summed E-state index contributed by atoms with van der Waals surface area (Å²) >= 11 is 0. The highest BCUT2D eigenvalue weighted by atomic mass is 14.6. The molecule has 1 saturated carbocycles. The second-order valence-corrected chi connectivity index (χ2v) is 5.16. The summed E-state index contributed by atoms with van der Waals surface area (Å²) in [5, 5.41) is 0. The monoisotopic (exact) mass is 217 g/mol. The van der Waals surface area contributed by atoms with Crippen LogP contribution in [0.2, 0.25) is 0 Å². The first-order valence-electron chi connectivity index (χ1n) is 6.64. The van der Waals surface area contributed by atoms with Crippen LogP contribution in [-0.4, -0.2) is 6.04 Å². The van der Waals surface area contributed by atoms with Crippen molar-refractivity contribution in [3.8, 4) is 0 Å². The molecule has 0 unspecified atom stereocenters. The van der Waals surface area contributed by atoms with Crippen molar-refractivity contribution >= 4 is 0 Å². The van der Waals surface area contributed by atoms with Crippen molar-refractivity contribution in [3.05, 3.63) is 35.9 Å². The zero-order valence-corrected chi connectivity index (χ0v) is 10.1. The van der Waals surface area contributed by atoms with E-state index < -0.39 is 0 Å². The smallest absolute Gasteiger partial charge is 0.00390 e. The molecule has 0 saturated heterocycles. The van der Waals surface area contributed by atoms with E-state index in [0.29, 0.717) is 6.04 Å². The van der Waals surface area contributed by atoms with E-state index in [9.17, 15) is 0 Å². The summed E-state index contributed by atoms with van der Waals surface area (Å²) in [5.74, 6) is 0.948. The maximum Gasteiger partial charge on any atom is 0.00390 e. The molecule has 1 heteroatoms. The van der Waals surface area contributed by atoms with E-state index in [0.717, 1.165) is 5.92 Å². The first-order valence-corrected chi connectivity index (χ1v) is 6.64. The molecule has 0 heterocycles. The highest BCUT2D eigenvalue weighted by Gasteiger charge is 2.17. The third kappa shape index (κ3) is 3.64. The van der Waals surface area contributed by atoms with Gasteiger partial charge in [0.1, 0.15) is 0 Å². The van der Waals surface area contributed by atoms with Gasteiger partial charge in [-0.2, -0.15) is 0 Å². The molecule has 16 heavy (non-hydrogen) atoms. The molecule has 1 aromatic rings. The Morgan fingerprint density at radius 3 is 2.38 bits per heavy atom. The largest absolute Gasteiger partial charge is 0.328 e. The van der Waals surface area contributed by atoms with Crippen LogP contribution in [0.3, 0.4) is 0 Å². The van der Waals surface area contributed by atoms with Crippen LogP contribution in [0.4, 0.5) is 0 Å². The van der Waals surface area contributed by atoms with Crippen molar-refractivity contribution in [2.75, 3.05) is 0 Å². The Kier molecular flexibility index (Phi) is 4.41. The van der Waals surface area contributed by atoms with Crippen LogP contribution in [0.15, 0.2) is 30.3 Å². The van der Waals surface area contributed by atoms with Gasteiger partial charge in [-0.3, -0.25) is 0 Å². The van der Waals surface area contributed by atoms with Crippen LogP contribution in [0.25, 0.3) is 0 Å². The van der Waals surface area contributed by atoms with Gasteiger partial charge in [0, 0.05) is 6.04 Å². The van der Waals surface area contributed by atoms with Gasteiger partial charge in [0.25, 0.3) is 0 Å². The van der Waals surface area contributed by atoms with Gasteiger partial charge in [0.05, 0.1) is 0 Å². The van der Waals surface area contributed by atoms with Crippen molar-refractivity contribution in [1.29, 1.82) is 0 Å². The van der Waals surface area contributed by atoms with E-state index in [1.54, 1.807) is 0 Å². The summed E-state index contributed by atoms with van der Waals surface area (Å²) in [4.78, 5) is 0. The van der Waals surface area contributed by atoms with Crippen LogP contribution < -0.4 is 5.73 Å². The minimum Gasteiger partial charge on any atom is -0.328 e. The topological polar surface area (TPSA) is 26.0 Å². The summed E-state index contributed by atoms with van der Waals surface area (Å²) in [5.41, 5.74) is 7.40. The number of aryl methyl sites for hydroxylation is 1. The zero-order chi connectivity index (χ0) is 11.2. The van der Waals surface area contributed by atoms with E-state index in [4.69, 9.17) is 5.73 Å². The van der Waals surface area contributed by atoms with Crippen molar-refractivity contribution in [2.45, 2.75) is 51.0 Å². The molecule has 0 amide bonds. The summed E-state index contributed by atoms with van der Waals surface area (Å²) in [7, 11) is 0. The number of nitrogens with two attached hydrogens (primary N) is 1. The summed E-state index contributed by atoms with van der Waals surface area (Å²) in [6.07, 6.45) is 9.17. The molecule has 1 aromatic carbocycles. The molecule has 0 bridgehead atoms. The van der Waals surface area contributed by atoms with Crippen LogP contribution in [0.1, 0.15) is 44.1 Å². The molecule has 1 aliphatic carbocycles. The average molecular weight is 217 g/mol. The number of hydrogen-bond acceptors (Lipinski definition) is 1. The maximum absolute atomic E-state index is 5.92. The Hall–Kier alpha value is -0.820. The summed E-state index contributed by atoms with van der Waals surface area (Å²) < 4.78 is 0. The van der Waals surface area contributed by atoms with Gasteiger partial charge in [-0.1, -0.05) is 36.8 Å². The van der Waals surface area contributed by atoms with Gasteiger partial charge in [-0.25, -0.2) is 0 Å². The molecule has 1 nitrogen and oxygen atoms in total. The average Bonchev–Trinajstić information content (AvgIpc) is 2.33. The molecule has 88 valence electrons. The molecule has 0 aromatic heterocycles. The Bertz CT molecular complexity index is 286. The van der Waals surface area contributed by atoms with Crippen molar-refractivity contribution in [3.63, 3.8) is 0 Å². The fourth-order valence-corrected chi connectivity index (χ4v) is 2.72. The lowest BCUT2D eigenvalue weighted by molar-refractivity contribution is 0.305. The molecular weight excluding hydrogens is 194 g/mol. The van der Waals surface area contributed by atoms with E-state index in [-0.39, 0.29) is 0 Å². The maximum atomic E-state index is 5.92. The third-order valence-electron chi connectivity index (χ3n) is 3.81. The molecule has 1 aliphatic rings. The Balaban J connectivity index is 1.65. The lowest BCUT2D eigenvalue weighted by atomic mass is 9.83. The quantitative estimate of drug-likeness (QED) is 0.820. The van der Waals surface area contributed by atoms with Crippen molar-refractivity contribution in [2.24, 2.45) is 11.7 Å². The summed E-state index contributed by atoms with van der Waals surface area (Å²) in [6, 6.07) is 11.3. The van der Waals surface area contributed by atoms with Crippen LogP contribution in [0.5, 0.6) is 0 Å². The molecule has 2 rings (SSSR count). The van der Waals surface area contributed by atoms with Gasteiger partial charge in [-0.05, 0) is 50.0 Å². The van der Waals surface area contributed by atoms with Crippen LogP contribution in [-0.2, 0) is 6.42 Å². The third-order valence-corrected chi connectivity index (χ3v) is 3.81. The van der Waals surface area contributed by atoms with E-state index in [1.165, 1.54) is 50.5 Å². The lowest BCUT2D eigenvalue weighted by Crippen LogP contribution is -2.26. The predicted molar refractivity (Wildman–Crippen MR) is 69.3 cm³/mol. The number of hydrogen-bond donors (Lipinski definition) is 1. The Morgan fingerprint density at radius 1 is 1.00 bits per heavy atom. The first kappa shape index (κ1) is 11.7. The lowest BCUT2D eigenvalue weighted by Gasteiger charge is -2.25. The van der Waals surface area contributed by atoms with Gasteiger partial charge < -0.3 is 5.73 Å². The molecular formula is C15H23N. The molecule has 0 spiro atoms. The van der Waals surface area contributed by atoms with Crippen molar-refractivity contribution < 1.29 is 0 Å². The normalized spacial score (nSPS) is 25.6. The highest BCUT2D eigenvalue weighted by Crippen LogP contribution is 2.27. The highest BCUT2D eigenvalue weighted by molar-refractivity contribution is 5.14. The Morgan fingerprint density at radius 2 is 1.69 bits per heavy atom. The Labute approximate surface area is 99.0 Å². The van der Waals surface area contributed by atoms with Crippen LogP contribution >= 0.6 is 0 Å². The van der Waals surface area contributed by atoms with Gasteiger partial charge in [0.15, 0.2) is 0 Å². The van der Waals surface area contributed by atoms with Gasteiger partial charge in [-0.15, -0.1) is 0 Å². The molecule has 2 N–H and O–H groups in total. The van der Waals surface area contributed by atoms with Gasteiger partial charge in [0.2, 0.25) is 0 Å². The second-order valence-electron chi connectivity index (χ2n) is 5.16. The minimum absolute atomic E-state index is 0.491. The standard InChI is InChI=1S/C15H23N/c16-15-11-9-14(10-12-15)8-4-7-13-5-2-1-3-6-13/h1-3,5-6,14-15H,4,7-12,16H2. The van der Waals surface area contributed by atoms with Crippen LogP contribution in [0, 0.1) is 5.92 Å².